The number of anilines is 1. The van der Waals surface area contributed by atoms with Gasteiger partial charge in [-0.2, -0.15) is 0 Å². The van der Waals surface area contributed by atoms with Crippen molar-refractivity contribution < 1.29 is 14.3 Å². The molecule has 1 aliphatic rings. The molecule has 4 aromatic rings. The maximum atomic E-state index is 12.5. The van der Waals surface area contributed by atoms with E-state index in [1.54, 1.807) is 50.1 Å². The van der Waals surface area contributed by atoms with E-state index in [0.717, 1.165) is 28.7 Å². The monoisotopic (exact) mass is 455 g/mol. The first kappa shape index (κ1) is 20.1. The number of benzene rings is 1. The molecule has 1 amide bonds. The summed E-state index contributed by atoms with van der Waals surface area (Å²) in [5.74, 6) is 1.26. The number of carbonyl (C=O) groups is 1. The molecule has 0 unspecified atom stereocenters. The molecule has 0 aliphatic heterocycles. The van der Waals surface area contributed by atoms with Gasteiger partial charge in [0.05, 0.1) is 25.4 Å². The van der Waals surface area contributed by atoms with Crippen LogP contribution in [0.4, 0.5) is 5.69 Å². The average Bonchev–Trinajstić information content (AvgIpc) is 3.38. The number of ether oxygens (including phenoxy) is 2. The summed E-state index contributed by atoms with van der Waals surface area (Å²) in [6, 6.07) is 5.25. The molecule has 10 heteroatoms. The molecule has 160 valence electrons. The van der Waals surface area contributed by atoms with Crippen LogP contribution in [0.5, 0.6) is 11.5 Å². The highest BCUT2D eigenvalue weighted by atomic mass is 32.2. The molecule has 0 bridgehead atoms. The lowest BCUT2D eigenvalue weighted by molar-refractivity contribution is -0.113. The number of carbonyl (C=O) groups excluding carboxylic acids is 1. The minimum Gasteiger partial charge on any atom is -0.497 e. The summed E-state index contributed by atoms with van der Waals surface area (Å²) >= 11 is 3.10. The lowest BCUT2D eigenvalue weighted by atomic mass is 9.97. The summed E-state index contributed by atoms with van der Waals surface area (Å²) in [6.45, 7) is 0. The molecule has 5 rings (SSSR count). The molecule has 0 fully saturated rings. The molecule has 0 atom stereocenters. The standard InChI is InChI=1S/C21H21N5O3S2/c1-28-13-7-12(8-14(9-13)29-2)23-17(27)10-30-21-25-24-19-18-15-5-3-4-6-16(15)31-20(18)22-11-26(19)21/h7-9,11H,3-6,10H2,1-2H3,(H,23,27). The molecule has 1 aromatic carbocycles. The average molecular weight is 456 g/mol. The number of rotatable bonds is 6. The lowest BCUT2D eigenvalue weighted by Crippen LogP contribution is -2.14. The number of methoxy groups -OCH3 is 2. The third-order valence-corrected chi connectivity index (χ3v) is 7.44. The van der Waals surface area contributed by atoms with Crippen LogP contribution in [0.3, 0.4) is 0 Å². The predicted molar refractivity (Wildman–Crippen MR) is 122 cm³/mol. The van der Waals surface area contributed by atoms with E-state index in [4.69, 9.17) is 9.47 Å². The highest BCUT2D eigenvalue weighted by Gasteiger charge is 2.21. The van der Waals surface area contributed by atoms with Gasteiger partial charge in [-0.3, -0.25) is 9.20 Å². The topological polar surface area (TPSA) is 90.6 Å². The van der Waals surface area contributed by atoms with Crippen molar-refractivity contribution >= 4 is 50.6 Å². The first-order valence-corrected chi connectivity index (χ1v) is 11.8. The van der Waals surface area contributed by atoms with E-state index < -0.39 is 0 Å². The Balaban J connectivity index is 1.35. The van der Waals surface area contributed by atoms with Gasteiger partial charge in [-0.25, -0.2) is 4.98 Å². The molecule has 31 heavy (non-hydrogen) atoms. The van der Waals surface area contributed by atoms with Crippen LogP contribution in [-0.4, -0.2) is 45.5 Å². The van der Waals surface area contributed by atoms with E-state index >= 15 is 0 Å². The molecular formula is C21H21N5O3S2. The van der Waals surface area contributed by atoms with Crippen LogP contribution < -0.4 is 14.8 Å². The SMILES string of the molecule is COc1cc(NC(=O)CSc2nnc3c4c5c(sc4ncn23)CCCC5)cc(OC)c1. The molecular weight excluding hydrogens is 434 g/mol. The van der Waals surface area contributed by atoms with Gasteiger partial charge in [-0.1, -0.05) is 11.8 Å². The maximum absolute atomic E-state index is 12.5. The van der Waals surface area contributed by atoms with E-state index in [9.17, 15) is 4.79 Å². The van der Waals surface area contributed by atoms with Crippen LogP contribution >= 0.6 is 23.1 Å². The van der Waals surface area contributed by atoms with E-state index in [2.05, 4.69) is 20.5 Å². The van der Waals surface area contributed by atoms with Gasteiger partial charge < -0.3 is 14.8 Å². The lowest BCUT2D eigenvalue weighted by Gasteiger charge is -2.10. The summed E-state index contributed by atoms with van der Waals surface area (Å²) in [5, 5.41) is 13.4. The van der Waals surface area contributed by atoms with Crippen LogP contribution in [0.25, 0.3) is 15.9 Å². The van der Waals surface area contributed by atoms with Gasteiger partial charge in [0.2, 0.25) is 5.91 Å². The number of amides is 1. The van der Waals surface area contributed by atoms with E-state index in [1.165, 1.54) is 35.0 Å². The Labute approximate surface area is 187 Å². The van der Waals surface area contributed by atoms with E-state index in [1.807, 2.05) is 4.40 Å². The molecule has 3 heterocycles. The second-order valence-corrected chi connectivity index (χ2v) is 9.28. The van der Waals surface area contributed by atoms with Gasteiger partial charge in [0, 0.05) is 28.8 Å². The fourth-order valence-corrected chi connectivity index (χ4v) is 5.77. The molecule has 3 aromatic heterocycles. The fourth-order valence-electron chi connectivity index (χ4n) is 3.84. The van der Waals surface area contributed by atoms with E-state index in [0.29, 0.717) is 22.3 Å². The number of hydrogen-bond donors (Lipinski definition) is 1. The van der Waals surface area contributed by atoms with Gasteiger partial charge in [-0.15, -0.1) is 21.5 Å². The summed E-state index contributed by atoms with van der Waals surface area (Å²) in [5.41, 5.74) is 2.81. The number of nitrogens with zero attached hydrogens (tertiary/aromatic N) is 4. The zero-order valence-corrected chi connectivity index (χ0v) is 18.8. The van der Waals surface area contributed by atoms with Crippen LogP contribution in [0, 0.1) is 0 Å². The number of thioether (sulfide) groups is 1. The van der Waals surface area contributed by atoms with Crippen molar-refractivity contribution in [3.8, 4) is 11.5 Å². The van der Waals surface area contributed by atoms with Crippen molar-refractivity contribution in [2.75, 3.05) is 25.3 Å². The Hall–Kier alpha value is -2.85. The summed E-state index contributed by atoms with van der Waals surface area (Å²) in [7, 11) is 3.14. The molecule has 0 saturated carbocycles. The Morgan fingerprint density at radius 3 is 2.71 bits per heavy atom. The molecule has 1 N–H and O–H groups in total. The number of nitrogens with one attached hydrogen (secondary N) is 1. The van der Waals surface area contributed by atoms with Crippen molar-refractivity contribution in [1.82, 2.24) is 19.6 Å². The predicted octanol–water partition coefficient (Wildman–Crippen LogP) is 3.97. The Kier molecular flexibility index (Phi) is 5.41. The third-order valence-electron chi connectivity index (χ3n) is 5.30. The second kappa shape index (κ2) is 8.35. The van der Waals surface area contributed by atoms with Gasteiger partial charge in [0.25, 0.3) is 0 Å². The minimum absolute atomic E-state index is 0.154. The van der Waals surface area contributed by atoms with Gasteiger partial charge in [0.1, 0.15) is 22.7 Å². The first-order valence-electron chi connectivity index (χ1n) is 9.96. The van der Waals surface area contributed by atoms with Crippen molar-refractivity contribution in [1.29, 1.82) is 0 Å². The normalized spacial score (nSPS) is 13.4. The quantitative estimate of drug-likeness (QED) is 0.440. The number of aromatic nitrogens is 4. The number of fused-ring (bicyclic) bond motifs is 5. The minimum atomic E-state index is -0.154. The van der Waals surface area contributed by atoms with Crippen molar-refractivity contribution in [2.24, 2.45) is 0 Å². The van der Waals surface area contributed by atoms with Gasteiger partial charge in [0.15, 0.2) is 10.8 Å². The van der Waals surface area contributed by atoms with Crippen LogP contribution in [0.15, 0.2) is 29.7 Å². The molecule has 1 aliphatic carbocycles. The smallest absolute Gasteiger partial charge is 0.234 e. The van der Waals surface area contributed by atoms with Crippen molar-refractivity contribution in [2.45, 2.75) is 30.8 Å². The highest BCUT2D eigenvalue weighted by Crippen LogP contribution is 2.37. The second-order valence-electron chi connectivity index (χ2n) is 7.25. The zero-order valence-electron chi connectivity index (χ0n) is 17.2. The van der Waals surface area contributed by atoms with Crippen molar-refractivity contribution in [3.05, 3.63) is 35.0 Å². The summed E-state index contributed by atoms with van der Waals surface area (Å²) in [6.07, 6.45) is 6.38. The molecule has 0 radical (unpaired) electrons. The summed E-state index contributed by atoms with van der Waals surface area (Å²) in [4.78, 5) is 19.6. The van der Waals surface area contributed by atoms with E-state index in [-0.39, 0.29) is 11.7 Å². The molecule has 0 saturated heterocycles. The van der Waals surface area contributed by atoms with Crippen LogP contribution in [0.1, 0.15) is 23.3 Å². The van der Waals surface area contributed by atoms with Gasteiger partial charge >= 0.3 is 0 Å². The van der Waals surface area contributed by atoms with Crippen LogP contribution in [-0.2, 0) is 17.6 Å². The Bertz CT molecular complexity index is 1260. The number of aryl methyl sites for hydroxylation is 2. The highest BCUT2D eigenvalue weighted by molar-refractivity contribution is 7.99. The maximum Gasteiger partial charge on any atom is 0.234 e. The third kappa shape index (κ3) is 3.81. The molecule has 0 spiro atoms. The van der Waals surface area contributed by atoms with Crippen molar-refractivity contribution in [3.63, 3.8) is 0 Å². The Morgan fingerprint density at radius 1 is 1.16 bits per heavy atom. The van der Waals surface area contributed by atoms with Gasteiger partial charge in [-0.05, 0) is 31.2 Å². The number of thiophene rings is 1. The number of hydrogen-bond acceptors (Lipinski definition) is 8. The zero-order chi connectivity index (χ0) is 21.4. The Morgan fingerprint density at radius 2 is 1.94 bits per heavy atom. The first-order chi connectivity index (χ1) is 15.2. The fraction of sp³-hybridized carbons (Fsp3) is 0.333. The largest absolute Gasteiger partial charge is 0.497 e. The van der Waals surface area contributed by atoms with Crippen LogP contribution in [0.2, 0.25) is 0 Å². The molecule has 8 nitrogen and oxygen atoms in total. The summed E-state index contributed by atoms with van der Waals surface area (Å²) < 4.78 is 12.4.